The molecule has 0 spiro atoms. The van der Waals surface area contributed by atoms with E-state index in [1.165, 1.54) is 16.7 Å². The summed E-state index contributed by atoms with van der Waals surface area (Å²) in [6.45, 7) is 4.37. The molecular weight excluding hydrogens is 362 g/mol. The van der Waals surface area contributed by atoms with Crippen molar-refractivity contribution >= 4 is 23.6 Å². The van der Waals surface area contributed by atoms with Gasteiger partial charge in [-0.1, -0.05) is 36.0 Å². The predicted molar refractivity (Wildman–Crippen MR) is 101 cm³/mol. The SMILES string of the molecule is Cc1cccc(-n2nnnc2SCCN2C(=O)c3ccccc3C2=O)c1C. The quantitative estimate of drug-likeness (QED) is 0.501. The van der Waals surface area contributed by atoms with Crippen LogP contribution in [0.1, 0.15) is 31.8 Å². The van der Waals surface area contributed by atoms with E-state index in [0.717, 1.165) is 16.8 Å². The van der Waals surface area contributed by atoms with Gasteiger partial charge in [0.15, 0.2) is 0 Å². The molecule has 0 fully saturated rings. The number of fused-ring (bicyclic) bond motifs is 1. The average Bonchev–Trinajstić information content (AvgIpc) is 3.23. The van der Waals surface area contributed by atoms with E-state index >= 15 is 0 Å². The minimum atomic E-state index is -0.245. The molecule has 8 heteroatoms. The van der Waals surface area contributed by atoms with Gasteiger partial charge in [0.1, 0.15) is 0 Å². The van der Waals surface area contributed by atoms with E-state index in [2.05, 4.69) is 15.5 Å². The molecule has 0 aliphatic carbocycles. The van der Waals surface area contributed by atoms with E-state index in [1.807, 2.05) is 32.0 Å². The molecule has 4 rings (SSSR count). The number of thioether (sulfide) groups is 1. The van der Waals surface area contributed by atoms with Crippen molar-refractivity contribution in [3.8, 4) is 5.69 Å². The molecule has 27 heavy (non-hydrogen) atoms. The Morgan fingerprint density at radius 2 is 1.67 bits per heavy atom. The Labute approximate surface area is 160 Å². The first-order valence-corrected chi connectivity index (χ1v) is 9.49. The summed E-state index contributed by atoms with van der Waals surface area (Å²) in [5.41, 5.74) is 4.11. The van der Waals surface area contributed by atoms with Gasteiger partial charge < -0.3 is 0 Å². The lowest BCUT2D eigenvalue weighted by Crippen LogP contribution is -2.31. The van der Waals surface area contributed by atoms with Crippen LogP contribution in [-0.2, 0) is 0 Å². The van der Waals surface area contributed by atoms with Crippen LogP contribution >= 0.6 is 11.8 Å². The fraction of sp³-hybridized carbons (Fsp3) is 0.211. The zero-order valence-electron chi connectivity index (χ0n) is 14.9. The highest BCUT2D eigenvalue weighted by Gasteiger charge is 2.34. The van der Waals surface area contributed by atoms with Gasteiger partial charge >= 0.3 is 0 Å². The van der Waals surface area contributed by atoms with E-state index in [1.54, 1.807) is 28.9 Å². The molecule has 0 N–H and O–H groups in total. The number of tetrazole rings is 1. The zero-order chi connectivity index (χ0) is 19.0. The molecule has 2 aromatic carbocycles. The average molecular weight is 379 g/mol. The molecule has 136 valence electrons. The molecule has 3 aromatic rings. The highest BCUT2D eigenvalue weighted by molar-refractivity contribution is 7.99. The summed E-state index contributed by atoms with van der Waals surface area (Å²) < 4.78 is 1.69. The maximum atomic E-state index is 12.4. The van der Waals surface area contributed by atoms with Gasteiger partial charge in [0.25, 0.3) is 11.8 Å². The molecule has 0 bridgehead atoms. The van der Waals surface area contributed by atoms with Gasteiger partial charge in [-0.2, -0.15) is 4.68 Å². The third-order valence-electron chi connectivity index (χ3n) is 4.67. The number of carbonyl (C=O) groups excluding carboxylic acids is 2. The van der Waals surface area contributed by atoms with E-state index < -0.39 is 0 Å². The lowest BCUT2D eigenvalue weighted by atomic mass is 10.1. The number of hydrogen-bond donors (Lipinski definition) is 0. The van der Waals surface area contributed by atoms with Gasteiger partial charge in [0.05, 0.1) is 16.8 Å². The molecule has 2 heterocycles. The van der Waals surface area contributed by atoms with Gasteiger partial charge in [-0.25, -0.2) is 0 Å². The lowest BCUT2D eigenvalue weighted by molar-refractivity contribution is 0.0664. The second-order valence-electron chi connectivity index (χ2n) is 6.25. The standard InChI is InChI=1S/C19H17N5O2S/c1-12-6-5-9-16(13(12)2)24-19(20-21-22-24)27-11-10-23-17(25)14-7-3-4-8-15(14)18(23)26/h3-9H,10-11H2,1-2H3. The monoisotopic (exact) mass is 379 g/mol. The number of aromatic nitrogens is 4. The van der Waals surface area contributed by atoms with Crippen LogP contribution in [0.15, 0.2) is 47.6 Å². The topological polar surface area (TPSA) is 81.0 Å². The summed E-state index contributed by atoms with van der Waals surface area (Å²) in [7, 11) is 0. The van der Waals surface area contributed by atoms with Crippen molar-refractivity contribution in [1.82, 2.24) is 25.1 Å². The molecule has 0 atom stereocenters. The van der Waals surface area contributed by atoms with Gasteiger partial charge in [0, 0.05) is 12.3 Å². The summed E-state index contributed by atoms with van der Waals surface area (Å²) in [5, 5.41) is 12.6. The summed E-state index contributed by atoms with van der Waals surface area (Å²) >= 11 is 1.41. The molecule has 2 amide bonds. The molecule has 0 radical (unpaired) electrons. The summed E-state index contributed by atoms with van der Waals surface area (Å²) in [4.78, 5) is 26.1. The second-order valence-corrected chi connectivity index (χ2v) is 7.31. The van der Waals surface area contributed by atoms with Gasteiger partial charge in [-0.3, -0.25) is 14.5 Å². The highest BCUT2D eigenvalue weighted by atomic mass is 32.2. The van der Waals surface area contributed by atoms with Crippen LogP contribution in [0.25, 0.3) is 5.69 Å². The van der Waals surface area contributed by atoms with Crippen LogP contribution in [0.3, 0.4) is 0 Å². The maximum absolute atomic E-state index is 12.4. The van der Waals surface area contributed by atoms with Crippen LogP contribution < -0.4 is 0 Å². The second kappa shape index (κ2) is 6.96. The van der Waals surface area contributed by atoms with Crippen LogP contribution in [0.5, 0.6) is 0 Å². The van der Waals surface area contributed by atoms with Crippen molar-refractivity contribution in [2.75, 3.05) is 12.3 Å². The molecule has 0 unspecified atom stereocenters. The maximum Gasteiger partial charge on any atom is 0.261 e. The largest absolute Gasteiger partial charge is 0.273 e. The minimum absolute atomic E-state index is 0.245. The molecule has 0 saturated heterocycles. The van der Waals surface area contributed by atoms with Crippen molar-refractivity contribution < 1.29 is 9.59 Å². The Kier molecular flexibility index (Phi) is 4.49. The van der Waals surface area contributed by atoms with Crippen molar-refractivity contribution in [1.29, 1.82) is 0 Å². The first kappa shape index (κ1) is 17.4. The molecule has 7 nitrogen and oxygen atoms in total. The van der Waals surface area contributed by atoms with Crippen LogP contribution in [0.2, 0.25) is 0 Å². The number of aryl methyl sites for hydroxylation is 1. The van der Waals surface area contributed by atoms with Crippen molar-refractivity contribution in [2.24, 2.45) is 0 Å². The number of imide groups is 1. The van der Waals surface area contributed by atoms with Crippen LogP contribution in [0.4, 0.5) is 0 Å². The summed E-state index contributed by atoms with van der Waals surface area (Å²) in [5.74, 6) is 0.0205. The number of benzene rings is 2. The van der Waals surface area contributed by atoms with Gasteiger partial charge in [0.2, 0.25) is 5.16 Å². The Bertz CT molecular complexity index is 1010. The lowest BCUT2D eigenvalue weighted by Gasteiger charge is -2.13. The summed E-state index contributed by atoms with van der Waals surface area (Å²) in [6, 6.07) is 12.9. The first-order chi connectivity index (χ1) is 13.1. The fourth-order valence-electron chi connectivity index (χ4n) is 3.06. The minimum Gasteiger partial charge on any atom is -0.273 e. The number of rotatable bonds is 5. The third-order valence-corrected chi connectivity index (χ3v) is 5.57. The van der Waals surface area contributed by atoms with Gasteiger partial charge in [-0.05, 0) is 53.6 Å². The molecule has 1 aromatic heterocycles. The van der Waals surface area contributed by atoms with Crippen molar-refractivity contribution in [2.45, 2.75) is 19.0 Å². The fourth-order valence-corrected chi connectivity index (χ4v) is 3.86. The molecule has 1 aliphatic heterocycles. The summed E-state index contributed by atoms with van der Waals surface area (Å²) in [6.07, 6.45) is 0. The van der Waals surface area contributed by atoms with Crippen molar-refractivity contribution in [3.05, 3.63) is 64.7 Å². The smallest absolute Gasteiger partial charge is 0.261 e. The molecular formula is C19H17N5O2S. The van der Waals surface area contributed by atoms with Crippen molar-refractivity contribution in [3.63, 3.8) is 0 Å². The Hall–Kier alpha value is -3.00. The van der Waals surface area contributed by atoms with E-state index in [9.17, 15) is 9.59 Å². The molecule has 1 aliphatic rings. The normalized spacial score (nSPS) is 13.3. The number of hydrogen-bond acceptors (Lipinski definition) is 6. The van der Waals surface area contributed by atoms with E-state index in [4.69, 9.17) is 0 Å². The Morgan fingerprint density at radius 1 is 0.963 bits per heavy atom. The number of carbonyl (C=O) groups is 2. The van der Waals surface area contributed by atoms with Crippen LogP contribution in [-0.4, -0.2) is 49.2 Å². The third kappa shape index (κ3) is 3.02. The zero-order valence-corrected chi connectivity index (χ0v) is 15.7. The highest BCUT2D eigenvalue weighted by Crippen LogP contribution is 2.25. The number of nitrogens with zero attached hydrogens (tertiary/aromatic N) is 5. The van der Waals surface area contributed by atoms with E-state index in [0.29, 0.717) is 28.6 Å². The predicted octanol–water partition coefficient (Wildman–Crippen LogP) is 2.67. The van der Waals surface area contributed by atoms with Crippen LogP contribution in [0, 0.1) is 13.8 Å². The van der Waals surface area contributed by atoms with Gasteiger partial charge in [-0.15, -0.1) is 5.10 Å². The van der Waals surface area contributed by atoms with E-state index in [-0.39, 0.29) is 11.8 Å². The number of amides is 2. The Balaban J connectivity index is 1.47. The molecule has 0 saturated carbocycles. The first-order valence-electron chi connectivity index (χ1n) is 8.51. The Morgan fingerprint density at radius 3 is 2.37 bits per heavy atom.